The molecule has 1 rings (SSSR count). The number of amides is 2. The van der Waals surface area contributed by atoms with Crippen LogP contribution in [0.2, 0.25) is 0 Å². The number of hydrogen-bond donors (Lipinski definition) is 1. The summed E-state index contributed by atoms with van der Waals surface area (Å²) in [5.74, 6) is -0.0187. The predicted octanol–water partition coefficient (Wildman–Crippen LogP) is 0.909. The van der Waals surface area contributed by atoms with E-state index in [9.17, 15) is 9.59 Å². The zero-order valence-corrected chi connectivity index (χ0v) is 11.5. The molecule has 2 amide bonds. The standard InChI is InChI=1S/C13H21N3O2/c1-9(2)15-11(17)7-16(4)12(18)13(8-14)5-10(3)6-13/h9-10H,5-7H2,1-4H3,(H,15,17). The van der Waals surface area contributed by atoms with E-state index in [1.165, 1.54) is 4.90 Å². The van der Waals surface area contributed by atoms with Gasteiger partial charge in [-0.25, -0.2) is 0 Å². The topological polar surface area (TPSA) is 73.2 Å². The van der Waals surface area contributed by atoms with Gasteiger partial charge in [-0.1, -0.05) is 6.92 Å². The Hall–Kier alpha value is -1.57. The maximum absolute atomic E-state index is 12.2. The second kappa shape index (κ2) is 5.38. The van der Waals surface area contributed by atoms with Gasteiger partial charge in [0.05, 0.1) is 12.6 Å². The number of likely N-dealkylation sites (N-methyl/N-ethyl adjacent to an activating group) is 1. The fraction of sp³-hybridized carbons (Fsp3) is 0.769. The van der Waals surface area contributed by atoms with Crippen molar-refractivity contribution in [3.8, 4) is 6.07 Å². The molecule has 0 saturated heterocycles. The Bertz CT molecular complexity index is 378. The smallest absolute Gasteiger partial charge is 0.243 e. The third kappa shape index (κ3) is 3.00. The van der Waals surface area contributed by atoms with Crippen molar-refractivity contribution < 1.29 is 9.59 Å². The molecule has 0 radical (unpaired) electrons. The van der Waals surface area contributed by atoms with Crippen LogP contribution >= 0.6 is 0 Å². The molecule has 1 fully saturated rings. The average Bonchev–Trinajstić information content (AvgIpc) is 2.22. The molecule has 1 aliphatic carbocycles. The maximum atomic E-state index is 12.2. The third-order valence-corrected chi connectivity index (χ3v) is 3.19. The molecule has 5 nitrogen and oxygen atoms in total. The molecular weight excluding hydrogens is 230 g/mol. The Morgan fingerprint density at radius 1 is 1.50 bits per heavy atom. The zero-order chi connectivity index (χ0) is 13.9. The molecule has 100 valence electrons. The summed E-state index contributed by atoms with van der Waals surface area (Å²) in [6.07, 6.45) is 1.19. The number of rotatable bonds is 4. The first-order valence-electron chi connectivity index (χ1n) is 6.27. The number of carbonyl (C=O) groups is 2. The molecule has 0 heterocycles. The van der Waals surface area contributed by atoms with E-state index in [1.54, 1.807) is 7.05 Å². The molecule has 0 aromatic heterocycles. The van der Waals surface area contributed by atoms with E-state index in [0.29, 0.717) is 18.8 Å². The minimum Gasteiger partial charge on any atom is -0.352 e. The van der Waals surface area contributed by atoms with E-state index >= 15 is 0 Å². The molecule has 0 unspecified atom stereocenters. The lowest BCUT2D eigenvalue weighted by Crippen LogP contribution is -2.51. The number of carbonyl (C=O) groups excluding carboxylic acids is 2. The van der Waals surface area contributed by atoms with Gasteiger partial charge in [-0.2, -0.15) is 5.26 Å². The molecule has 1 N–H and O–H groups in total. The van der Waals surface area contributed by atoms with Gasteiger partial charge >= 0.3 is 0 Å². The highest BCUT2D eigenvalue weighted by molar-refractivity contribution is 5.90. The summed E-state index contributed by atoms with van der Waals surface area (Å²) in [4.78, 5) is 25.1. The first-order valence-corrected chi connectivity index (χ1v) is 6.27. The molecule has 0 bridgehead atoms. The van der Waals surface area contributed by atoms with Crippen LogP contribution in [0, 0.1) is 22.7 Å². The highest BCUT2D eigenvalue weighted by atomic mass is 16.2. The van der Waals surface area contributed by atoms with Crippen molar-refractivity contribution in [1.82, 2.24) is 10.2 Å². The molecule has 0 aromatic rings. The average molecular weight is 251 g/mol. The Morgan fingerprint density at radius 3 is 2.44 bits per heavy atom. The van der Waals surface area contributed by atoms with Crippen molar-refractivity contribution in [3.05, 3.63) is 0 Å². The van der Waals surface area contributed by atoms with Gasteiger partial charge in [0.1, 0.15) is 5.41 Å². The van der Waals surface area contributed by atoms with Crippen LogP contribution in [0.15, 0.2) is 0 Å². The maximum Gasteiger partial charge on any atom is 0.243 e. The summed E-state index contributed by atoms with van der Waals surface area (Å²) in [6, 6.07) is 2.17. The number of nitrogens with one attached hydrogen (secondary N) is 1. The Labute approximate surface area is 108 Å². The van der Waals surface area contributed by atoms with Gasteiger partial charge in [-0.3, -0.25) is 9.59 Å². The largest absolute Gasteiger partial charge is 0.352 e. The van der Waals surface area contributed by atoms with Crippen LogP contribution < -0.4 is 5.32 Å². The van der Waals surface area contributed by atoms with Crippen LogP contribution in [-0.2, 0) is 9.59 Å². The fourth-order valence-corrected chi connectivity index (χ4v) is 2.46. The molecule has 1 aliphatic rings. The van der Waals surface area contributed by atoms with Crippen LogP contribution in [0.4, 0.5) is 0 Å². The highest BCUT2D eigenvalue weighted by Gasteiger charge is 2.50. The lowest BCUT2D eigenvalue weighted by Gasteiger charge is -2.41. The van der Waals surface area contributed by atoms with Gasteiger partial charge in [0.2, 0.25) is 11.8 Å². The highest BCUT2D eigenvalue weighted by Crippen LogP contribution is 2.46. The predicted molar refractivity (Wildman–Crippen MR) is 67.4 cm³/mol. The third-order valence-electron chi connectivity index (χ3n) is 3.19. The van der Waals surface area contributed by atoms with E-state index in [1.807, 2.05) is 20.8 Å². The Balaban J connectivity index is 2.57. The van der Waals surface area contributed by atoms with Crippen LogP contribution in [0.25, 0.3) is 0 Å². The SMILES string of the molecule is CC1CC(C#N)(C(=O)N(C)CC(=O)NC(C)C)C1. The van der Waals surface area contributed by atoms with Crippen molar-refractivity contribution in [2.75, 3.05) is 13.6 Å². The van der Waals surface area contributed by atoms with E-state index in [4.69, 9.17) is 5.26 Å². The lowest BCUT2D eigenvalue weighted by atomic mass is 9.63. The summed E-state index contributed by atoms with van der Waals surface area (Å²) in [6.45, 7) is 5.76. The number of hydrogen-bond acceptors (Lipinski definition) is 3. The zero-order valence-electron chi connectivity index (χ0n) is 11.5. The van der Waals surface area contributed by atoms with Gasteiger partial charge in [0, 0.05) is 13.1 Å². The Kier molecular flexibility index (Phi) is 4.33. The lowest BCUT2D eigenvalue weighted by molar-refractivity contribution is -0.146. The first-order chi connectivity index (χ1) is 8.30. The van der Waals surface area contributed by atoms with Gasteiger partial charge < -0.3 is 10.2 Å². The number of nitriles is 1. The number of nitrogens with zero attached hydrogens (tertiary/aromatic N) is 2. The monoisotopic (exact) mass is 251 g/mol. The van der Waals surface area contributed by atoms with Crippen LogP contribution in [-0.4, -0.2) is 36.3 Å². The summed E-state index contributed by atoms with van der Waals surface area (Å²) < 4.78 is 0. The van der Waals surface area contributed by atoms with E-state index in [0.717, 1.165) is 0 Å². The summed E-state index contributed by atoms with van der Waals surface area (Å²) in [5, 5.41) is 11.9. The Morgan fingerprint density at radius 2 is 2.06 bits per heavy atom. The van der Waals surface area contributed by atoms with Gasteiger partial charge in [-0.15, -0.1) is 0 Å². The molecule has 18 heavy (non-hydrogen) atoms. The molecule has 5 heteroatoms. The minimum absolute atomic E-state index is 0.00875. The molecule has 1 saturated carbocycles. The quantitative estimate of drug-likeness (QED) is 0.807. The summed E-state index contributed by atoms with van der Waals surface area (Å²) in [5.41, 5.74) is -0.897. The molecule has 0 aliphatic heterocycles. The summed E-state index contributed by atoms with van der Waals surface area (Å²) >= 11 is 0. The molecule has 0 aromatic carbocycles. The van der Waals surface area contributed by atoms with Gasteiger partial charge in [0.25, 0.3) is 0 Å². The van der Waals surface area contributed by atoms with Crippen molar-refractivity contribution in [3.63, 3.8) is 0 Å². The first kappa shape index (κ1) is 14.5. The van der Waals surface area contributed by atoms with E-state index in [2.05, 4.69) is 11.4 Å². The fourth-order valence-electron chi connectivity index (χ4n) is 2.46. The van der Waals surface area contributed by atoms with Crippen LogP contribution in [0.5, 0.6) is 0 Å². The van der Waals surface area contributed by atoms with Gasteiger partial charge in [0.15, 0.2) is 0 Å². The van der Waals surface area contributed by atoms with Crippen molar-refractivity contribution in [1.29, 1.82) is 5.26 Å². The van der Waals surface area contributed by atoms with Crippen LogP contribution in [0.1, 0.15) is 33.6 Å². The van der Waals surface area contributed by atoms with E-state index < -0.39 is 5.41 Å². The van der Waals surface area contributed by atoms with Crippen molar-refractivity contribution in [2.24, 2.45) is 11.3 Å². The van der Waals surface area contributed by atoms with Crippen molar-refractivity contribution in [2.45, 2.75) is 39.7 Å². The van der Waals surface area contributed by atoms with Crippen molar-refractivity contribution >= 4 is 11.8 Å². The normalized spacial score (nSPS) is 26.1. The van der Waals surface area contributed by atoms with E-state index in [-0.39, 0.29) is 24.4 Å². The molecule has 0 spiro atoms. The summed E-state index contributed by atoms with van der Waals surface area (Å²) in [7, 11) is 1.57. The molecular formula is C13H21N3O2. The van der Waals surface area contributed by atoms with Crippen LogP contribution in [0.3, 0.4) is 0 Å². The second-order valence-corrected chi connectivity index (χ2v) is 5.59. The van der Waals surface area contributed by atoms with Gasteiger partial charge in [-0.05, 0) is 32.6 Å². The minimum atomic E-state index is -0.897. The second-order valence-electron chi connectivity index (χ2n) is 5.59. The molecule has 0 atom stereocenters.